The van der Waals surface area contributed by atoms with E-state index in [1.807, 2.05) is 24.4 Å². The van der Waals surface area contributed by atoms with Crippen LogP contribution in [-0.2, 0) is 0 Å². The number of fused-ring (bicyclic) bond motifs is 3. The molecule has 3 heterocycles. The molecular formula is C30H29F2N3O. The van der Waals surface area contributed by atoms with Crippen molar-refractivity contribution in [3.05, 3.63) is 106 Å². The van der Waals surface area contributed by atoms with E-state index in [0.29, 0.717) is 30.7 Å². The Morgan fingerprint density at radius 2 is 1.72 bits per heavy atom. The summed E-state index contributed by atoms with van der Waals surface area (Å²) < 4.78 is 36.1. The molecule has 36 heavy (non-hydrogen) atoms. The fourth-order valence-corrected chi connectivity index (χ4v) is 5.54. The largest absolute Gasteiger partial charge is 0.493 e. The van der Waals surface area contributed by atoms with E-state index in [-0.39, 0.29) is 29.8 Å². The van der Waals surface area contributed by atoms with E-state index < -0.39 is 0 Å². The lowest BCUT2D eigenvalue weighted by atomic mass is 9.89. The number of piperazine rings is 1. The maximum Gasteiger partial charge on any atom is 0.128 e. The molecule has 6 heteroatoms. The summed E-state index contributed by atoms with van der Waals surface area (Å²) in [4.78, 5) is 2.25. The molecule has 0 amide bonds. The molecule has 1 fully saturated rings. The zero-order valence-corrected chi connectivity index (χ0v) is 20.2. The highest BCUT2D eigenvalue weighted by molar-refractivity contribution is 5.65. The number of nitrogens with zero attached hydrogens (tertiary/aromatic N) is 1. The Kier molecular flexibility index (Phi) is 5.97. The molecule has 1 saturated heterocycles. The Hall–Kier alpha value is -3.64. The highest BCUT2D eigenvalue weighted by atomic mass is 19.1. The molecule has 6 rings (SSSR count). The molecule has 3 unspecified atom stereocenters. The molecule has 2 N–H and O–H groups in total. The van der Waals surface area contributed by atoms with Gasteiger partial charge in [0.2, 0.25) is 0 Å². The lowest BCUT2D eigenvalue weighted by molar-refractivity contribution is 0.120. The number of ether oxygens (including phenoxy) is 1. The van der Waals surface area contributed by atoms with Crippen LogP contribution >= 0.6 is 0 Å². The van der Waals surface area contributed by atoms with Gasteiger partial charge in [0.05, 0.1) is 24.7 Å². The quantitative estimate of drug-likeness (QED) is 0.562. The molecule has 4 nitrogen and oxygen atoms in total. The summed E-state index contributed by atoms with van der Waals surface area (Å²) in [5, 5.41) is 9.04. The zero-order valence-electron chi connectivity index (χ0n) is 20.2. The summed E-state index contributed by atoms with van der Waals surface area (Å²) in [6.07, 6.45) is 7.97. The van der Waals surface area contributed by atoms with E-state index in [2.05, 4.69) is 46.9 Å². The molecular weight excluding hydrogens is 456 g/mol. The van der Waals surface area contributed by atoms with Crippen LogP contribution in [0.3, 0.4) is 0 Å². The highest BCUT2D eigenvalue weighted by Gasteiger charge is 2.38. The van der Waals surface area contributed by atoms with Gasteiger partial charge in [0, 0.05) is 52.6 Å². The van der Waals surface area contributed by atoms with Crippen LogP contribution in [0.25, 0.3) is 12.3 Å². The standard InChI is InChI=1S/C30H29F2N3O/c1-2-19-13-20-15-29-21(14-26(20)33-16-19)17-35-18-27(22-7-3-5-9-24(22)31)34-30(28(35)11-12-36-29)23-8-4-6-10-25(23)32/h3-10,13-17,27-28,30,33-34H,2,11-12,18H2,1H3. The third-order valence-corrected chi connectivity index (χ3v) is 7.43. The minimum atomic E-state index is -0.329. The summed E-state index contributed by atoms with van der Waals surface area (Å²) in [6.45, 7) is 3.20. The van der Waals surface area contributed by atoms with Crippen LogP contribution in [0.1, 0.15) is 43.0 Å². The van der Waals surface area contributed by atoms with Crippen LogP contribution in [0.5, 0.6) is 5.75 Å². The van der Waals surface area contributed by atoms with Crippen molar-refractivity contribution in [2.24, 2.45) is 0 Å². The van der Waals surface area contributed by atoms with Crippen LogP contribution in [0.15, 0.2) is 72.4 Å². The third kappa shape index (κ3) is 4.16. The summed E-state index contributed by atoms with van der Waals surface area (Å²) >= 11 is 0. The highest BCUT2D eigenvalue weighted by Crippen LogP contribution is 2.36. The van der Waals surface area contributed by atoms with Crippen molar-refractivity contribution in [2.45, 2.75) is 37.9 Å². The Morgan fingerprint density at radius 3 is 2.47 bits per heavy atom. The number of benzene rings is 3. The van der Waals surface area contributed by atoms with E-state index >= 15 is 4.39 Å². The van der Waals surface area contributed by atoms with Crippen LogP contribution in [0, 0.1) is 11.6 Å². The molecule has 3 atom stereocenters. The van der Waals surface area contributed by atoms with Crippen molar-refractivity contribution in [3.8, 4) is 5.75 Å². The zero-order chi connectivity index (χ0) is 24.6. The van der Waals surface area contributed by atoms with Crippen LogP contribution < -0.4 is 25.8 Å². The second-order valence-electron chi connectivity index (χ2n) is 9.61. The monoisotopic (exact) mass is 485 g/mol. The molecule has 0 spiro atoms. The maximum atomic E-state index is 15.0. The molecule has 3 aliphatic rings. The summed E-state index contributed by atoms with van der Waals surface area (Å²) in [7, 11) is 0. The average molecular weight is 486 g/mol. The van der Waals surface area contributed by atoms with Crippen molar-refractivity contribution in [3.63, 3.8) is 0 Å². The number of hydrogen-bond acceptors (Lipinski definition) is 4. The molecule has 3 aromatic carbocycles. The minimum Gasteiger partial charge on any atom is -0.493 e. The van der Waals surface area contributed by atoms with Crippen LogP contribution in [0.4, 0.5) is 14.5 Å². The second-order valence-corrected chi connectivity index (χ2v) is 9.61. The number of halogens is 2. The van der Waals surface area contributed by atoms with Crippen molar-refractivity contribution < 1.29 is 13.5 Å². The van der Waals surface area contributed by atoms with Gasteiger partial charge in [0.25, 0.3) is 0 Å². The van der Waals surface area contributed by atoms with Crippen molar-refractivity contribution >= 4 is 18.0 Å². The third-order valence-electron chi connectivity index (χ3n) is 7.43. The molecule has 3 aliphatic heterocycles. The SMILES string of the molecule is CCC1=CNc2cc3c(cc2=C1)OCCC1C(c2ccccc2F)NC(c2ccccc2F)CN1C=3. The molecule has 184 valence electrons. The van der Waals surface area contributed by atoms with E-state index in [4.69, 9.17) is 4.74 Å². The van der Waals surface area contributed by atoms with Crippen molar-refractivity contribution in [1.82, 2.24) is 10.2 Å². The normalized spacial score (nSPS) is 22.7. The number of anilines is 1. The number of rotatable bonds is 3. The van der Waals surface area contributed by atoms with Gasteiger partial charge in [-0.05, 0) is 42.3 Å². The van der Waals surface area contributed by atoms with Gasteiger partial charge in [-0.2, -0.15) is 0 Å². The van der Waals surface area contributed by atoms with Crippen LogP contribution in [0.2, 0.25) is 0 Å². The molecule has 0 aromatic heterocycles. The summed E-state index contributed by atoms with van der Waals surface area (Å²) in [6, 6.07) is 17.2. The first-order chi connectivity index (χ1) is 17.6. The van der Waals surface area contributed by atoms with Gasteiger partial charge in [0.1, 0.15) is 17.4 Å². The molecule has 0 radical (unpaired) electrons. The molecule has 0 saturated carbocycles. The summed E-state index contributed by atoms with van der Waals surface area (Å²) in [5.74, 6) is 0.301. The smallest absolute Gasteiger partial charge is 0.128 e. The van der Waals surface area contributed by atoms with Gasteiger partial charge in [-0.15, -0.1) is 0 Å². The second kappa shape index (κ2) is 9.43. The fourth-order valence-electron chi connectivity index (χ4n) is 5.54. The number of allylic oxidation sites excluding steroid dienone is 1. The molecule has 0 bridgehead atoms. The first-order valence-corrected chi connectivity index (χ1v) is 12.6. The van der Waals surface area contributed by atoms with E-state index in [0.717, 1.165) is 28.3 Å². The molecule has 0 aliphatic carbocycles. The Bertz CT molecular complexity index is 1450. The fraction of sp³-hybridized carbons (Fsp3) is 0.267. The Morgan fingerprint density at radius 1 is 0.972 bits per heavy atom. The van der Waals surface area contributed by atoms with Gasteiger partial charge in [0.15, 0.2) is 0 Å². The van der Waals surface area contributed by atoms with Gasteiger partial charge in [-0.3, -0.25) is 5.32 Å². The van der Waals surface area contributed by atoms with E-state index in [9.17, 15) is 4.39 Å². The summed E-state index contributed by atoms with van der Waals surface area (Å²) in [5.41, 5.74) is 3.43. The molecule has 3 aromatic rings. The Balaban J connectivity index is 1.47. The Labute approximate surface area is 209 Å². The van der Waals surface area contributed by atoms with Gasteiger partial charge >= 0.3 is 0 Å². The predicted octanol–water partition coefficient (Wildman–Crippen LogP) is 4.74. The van der Waals surface area contributed by atoms with Crippen molar-refractivity contribution in [1.29, 1.82) is 0 Å². The predicted molar refractivity (Wildman–Crippen MR) is 139 cm³/mol. The van der Waals surface area contributed by atoms with Gasteiger partial charge < -0.3 is 15.0 Å². The van der Waals surface area contributed by atoms with E-state index in [1.165, 1.54) is 17.7 Å². The lowest BCUT2D eigenvalue weighted by Gasteiger charge is -2.46. The van der Waals surface area contributed by atoms with Crippen LogP contribution in [-0.4, -0.2) is 24.1 Å². The van der Waals surface area contributed by atoms with E-state index in [1.54, 1.807) is 18.2 Å². The van der Waals surface area contributed by atoms with Crippen molar-refractivity contribution in [2.75, 3.05) is 18.5 Å². The average Bonchev–Trinajstić information content (AvgIpc) is 2.88. The lowest BCUT2D eigenvalue weighted by Crippen LogP contribution is -2.54. The maximum absolute atomic E-state index is 15.0. The van der Waals surface area contributed by atoms with Gasteiger partial charge in [-0.1, -0.05) is 43.3 Å². The topological polar surface area (TPSA) is 36.5 Å². The first kappa shape index (κ1) is 22.8. The number of hydrogen-bond donors (Lipinski definition) is 2. The van der Waals surface area contributed by atoms with Gasteiger partial charge in [-0.25, -0.2) is 8.78 Å². The number of nitrogens with one attached hydrogen (secondary N) is 2. The first-order valence-electron chi connectivity index (χ1n) is 12.6. The minimum absolute atomic E-state index is 0.0554.